The number of sulfonamides is 1. The first-order chi connectivity index (χ1) is 14.2. The van der Waals surface area contributed by atoms with Gasteiger partial charge in [0, 0.05) is 10.7 Å². The van der Waals surface area contributed by atoms with Crippen molar-refractivity contribution < 1.29 is 13.2 Å². The number of halogens is 1. The van der Waals surface area contributed by atoms with Crippen LogP contribution in [0, 0.1) is 20.8 Å². The van der Waals surface area contributed by atoms with Crippen LogP contribution < -0.4 is 9.62 Å². The third-order valence-electron chi connectivity index (χ3n) is 4.56. The van der Waals surface area contributed by atoms with E-state index in [-0.39, 0.29) is 11.4 Å². The molecule has 0 aromatic heterocycles. The van der Waals surface area contributed by atoms with Crippen LogP contribution in [-0.4, -0.2) is 20.9 Å². The van der Waals surface area contributed by atoms with Crippen LogP contribution in [0.4, 0.5) is 11.4 Å². The molecule has 0 aliphatic heterocycles. The maximum Gasteiger partial charge on any atom is 0.264 e. The van der Waals surface area contributed by atoms with Gasteiger partial charge in [0.05, 0.1) is 10.6 Å². The number of hydrogen-bond donors (Lipinski definition) is 1. The Morgan fingerprint density at radius 3 is 2.20 bits per heavy atom. The molecule has 0 saturated carbocycles. The van der Waals surface area contributed by atoms with Crippen molar-refractivity contribution in [3.05, 3.63) is 88.4 Å². The van der Waals surface area contributed by atoms with Gasteiger partial charge < -0.3 is 5.32 Å². The summed E-state index contributed by atoms with van der Waals surface area (Å²) in [5.41, 5.74) is 3.69. The van der Waals surface area contributed by atoms with Crippen molar-refractivity contribution in [2.24, 2.45) is 0 Å². The van der Waals surface area contributed by atoms with Gasteiger partial charge in [0.15, 0.2) is 0 Å². The lowest BCUT2D eigenvalue weighted by atomic mass is 10.1. The van der Waals surface area contributed by atoms with Gasteiger partial charge in [-0.2, -0.15) is 0 Å². The average Bonchev–Trinajstić information content (AvgIpc) is 2.68. The quantitative estimate of drug-likeness (QED) is 0.577. The summed E-state index contributed by atoms with van der Waals surface area (Å²) < 4.78 is 27.9. The van der Waals surface area contributed by atoms with Crippen LogP contribution in [0.1, 0.15) is 16.7 Å². The van der Waals surface area contributed by atoms with E-state index in [4.69, 9.17) is 11.6 Å². The molecule has 0 aliphatic carbocycles. The van der Waals surface area contributed by atoms with Crippen molar-refractivity contribution in [3.8, 4) is 0 Å². The lowest BCUT2D eigenvalue weighted by Crippen LogP contribution is -2.38. The first-order valence-corrected chi connectivity index (χ1v) is 11.2. The monoisotopic (exact) mass is 442 g/mol. The Hall–Kier alpha value is -2.83. The van der Waals surface area contributed by atoms with E-state index < -0.39 is 15.9 Å². The van der Waals surface area contributed by atoms with E-state index in [9.17, 15) is 13.2 Å². The van der Waals surface area contributed by atoms with Crippen molar-refractivity contribution in [3.63, 3.8) is 0 Å². The second-order valence-electron chi connectivity index (χ2n) is 7.18. The Morgan fingerprint density at radius 1 is 0.933 bits per heavy atom. The SMILES string of the molecule is Cc1cc(C)cc(NC(=O)CN(c2cc(Cl)ccc2C)S(=O)(=O)c2ccccc2)c1. The number of hydrogen-bond acceptors (Lipinski definition) is 3. The number of carbonyl (C=O) groups is 1. The largest absolute Gasteiger partial charge is 0.324 e. The molecule has 1 amide bonds. The summed E-state index contributed by atoms with van der Waals surface area (Å²) in [6.07, 6.45) is 0. The zero-order chi connectivity index (χ0) is 21.9. The number of aryl methyl sites for hydroxylation is 3. The molecule has 3 aromatic rings. The lowest BCUT2D eigenvalue weighted by Gasteiger charge is -2.26. The van der Waals surface area contributed by atoms with Crippen molar-refractivity contribution >= 4 is 38.9 Å². The van der Waals surface area contributed by atoms with Gasteiger partial charge in [-0.1, -0.05) is 41.9 Å². The Morgan fingerprint density at radius 2 is 1.57 bits per heavy atom. The van der Waals surface area contributed by atoms with Gasteiger partial charge in [0.25, 0.3) is 10.0 Å². The molecule has 3 rings (SSSR count). The van der Waals surface area contributed by atoms with Gasteiger partial charge in [0.2, 0.25) is 5.91 Å². The lowest BCUT2D eigenvalue weighted by molar-refractivity contribution is -0.114. The predicted molar refractivity (Wildman–Crippen MR) is 122 cm³/mol. The standard InChI is InChI=1S/C23H23ClN2O3S/c1-16-11-17(2)13-20(12-16)25-23(27)15-26(22-14-19(24)10-9-18(22)3)30(28,29)21-7-5-4-6-8-21/h4-14H,15H2,1-3H3,(H,25,27). The fraction of sp³-hybridized carbons (Fsp3) is 0.174. The summed E-state index contributed by atoms with van der Waals surface area (Å²) in [5, 5.41) is 3.19. The van der Waals surface area contributed by atoms with Crippen LogP contribution in [0.3, 0.4) is 0 Å². The van der Waals surface area contributed by atoms with Gasteiger partial charge in [0.1, 0.15) is 6.54 Å². The third kappa shape index (κ3) is 5.01. The molecule has 0 saturated heterocycles. The number of benzene rings is 3. The molecule has 0 radical (unpaired) electrons. The Bertz CT molecular complexity index is 1160. The van der Waals surface area contributed by atoms with Crippen LogP contribution in [0.5, 0.6) is 0 Å². The van der Waals surface area contributed by atoms with Crippen LogP contribution >= 0.6 is 11.6 Å². The maximum atomic E-state index is 13.4. The first-order valence-electron chi connectivity index (χ1n) is 9.39. The fourth-order valence-electron chi connectivity index (χ4n) is 3.25. The Balaban J connectivity index is 1.99. The highest BCUT2D eigenvalue weighted by molar-refractivity contribution is 7.92. The predicted octanol–water partition coefficient (Wildman–Crippen LogP) is 5.10. The van der Waals surface area contributed by atoms with Crippen LogP contribution in [0.25, 0.3) is 0 Å². The second kappa shape index (κ2) is 8.90. The molecule has 1 N–H and O–H groups in total. The van der Waals surface area contributed by atoms with Gasteiger partial charge in [-0.25, -0.2) is 8.42 Å². The van der Waals surface area contributed by atoms with Crippen LogP contribution in [-0.2, 0) is 14.8 Å². The highest BCUT2D eigenvalue weighted by Crippen LogP contribution is 2.29. The van der Waals surface area contributed by atoms with E-state index in [0.29, 0.717) is 22.0 Å². The maximum absolute atomic E-state index is 13.4. The molecule has 0 bridgehead atoms. The smallest absolute Gasteiger partial charge is 0.264 e. The normalized spacial score (nSPS) is 11.2. The summed E-state index contributed by atoms with van der Waals surface area (Å²) in [6.45, 7) is 5.26. The number of carbonyl (C=O) groups excluding carboxylic acids is 1. The van der Waals surface area contributed by atoms with E-state index in [0.717, 1.165) is 15.4 Å². The van der Waals surface area contributed by atoms with E-state index >= 15 is 0 Å². The Kier molecular flexibility index (Phi) is 6.48. The molecule has 0 spiro atoms. The van der Waals surface area contributed by atoms with Crippen molar-refractivity contribution in [1.29, 1.82) is 0 Å². The molecule has 30 heavy (non-hydrogen) atoms. The summed E-state index contributed by atoms with van der Waals surface area (Å²) in [7, 11) is -3.98. The van der Waals surface area contributed by atoms with E-state index in [1.54, 1.807) is 43.3 Å². The molecule has 0 aliphatic rings. The van der Waals surface area contributed by atoms with E-state index in [1.165, 1.54) is 12.1 Å². The summed E-state index contributed by atoms with van der Waals surface area (Å²) in [5.74, 6) is -0.445. The topological polar surface area (TPSA) is 66.5 Å². The number of nitrogens with one attached hydrogen (secondary N) is 1. The van der Waals surface area contributed by atoms with Gasteiger partial charge in [-0.05, 0) is 73.9 Å². The van der Waals surface area contributed by atoms with Gasteiger partial charge in [-0.3, -0.25) is 9.10 Å². The molecular weight excluding hydrogens is 420 g/mol. The molecule has 0 fully saturated rings. The molecule has 0 atom stereocenters. The highest BCUT2D eigenvalue weighted by atomic mass is 35.5. The third-order valence-corrected chi connectivity index (χ3v) is 6.57. The van der Waals surface area contributed by atoms with Crippen LogP contribution in [0.15, 0.2) is 71.6 Å². The van der Waals surface area contributed by atoms with Crippen molar-refractivity contribution in [2.45, 2.75) is 25.7 Å². The van der Waals surface area contributed by atoms with Gasteiger partial charge in [-0.15, -0.1) is 0 Å². The molecule has 7 heteroatoms. The van der Waals surface area contributed by atoms with Crippen molar-refractivity contribution in [2.75, 3.05) is 16.2 Å². The Labute approximate surface area is 182 Å². The number of amides is 1. The molecular formula is C23H23ClN2O3S. The van der Waals surface area contributed by atoms with Crippen molar-refractivity contribution in [1.82, 2.24) is 0 Å². The molecule has 0 unspecified atom stereocenters. The number of anilines is 2. The number of nitrogens with zero attached hydrogens (tertiary/aromatic N) is 1. The number of rotatable bonds is 6. The van der Waals surface area contributed by atoms with Crippen LogP contribution in [0.2, 0.25) is 5.02 Å². The first kappa shape index (κ1) is 21.9. The zero-order valence-electron chi connectivity index (χ0n) is 17.0. The van der Waals surface area contributed by atoms with E-state index in [2.05, 4.69) is 5.32 Å². The summed E-state index contributed by atoms with van der Waals surface area (Å²) in [4.78, 5) is 12.9. The minimum Gasteiger partial charge on any atom is -0.324 e. The van der Waals surface area contributed by atoms with Gasteiger partial charge >= 0.3 is 0 Å². The van der Waals surface area contributed by atoms with E-state index in [1.807, 2.05) is 32.0 Å². The summed E-state index contributed by atoms with van der Waals surface area (Å²) >= 11 is 6.14. The molecule has 0 heterocycles. The molecule has 3 aromatic carbocycles. The highest BCUT2D eigenvalue weighted by Gasteiger charge is 2.28. The fourth-order valence-corrected chi connectivity index (χ4v) is 4.91. The average molecular weight is 443 g/mol. The second-order valence-corrected chi connectivity index (χ2v) is 9.48. The zero-order valence-corrected chi connectivity index (χ0v) is 18.6. The molecule has 5 nitrogen and oxygen atoms in total. The minimum atomic E-state index is -3.98. The minimum absolute atomic E-state index is 0.101. The molecule has 156 valence electrons. The summed E-state index contributed by atoms with van der Waals surface area (Å²) in [6, 6.07) is 18.7.